The van der Waals surface area contributed by atoms with E-state index in [1.165, 1.54) is 31.3 Å². The van der Waals surface area contributed by atoms with Gasteiger partial charge in [0.15, 0.2) is 11.7 Å². The van der Waals surface area contributed by atoms with Gasteiger partial charge in [-0.3, -0.25) is 4.99 Å². The first-order valence-electron chi connectivity index (χ1n) is 7.87. The number of nitrogens with one attached hydrogen (secondary N) is 2. The lowest BCUT2D eigenvalue weighted by Gasteiger charge is -2.12. The highest BCUT2D eigenvalue weighted by atomic mass is 127. The van der Waals surface area contributed by atoms with E-state index in [4.69, 9.17) is 0 Å². The number of nitrogens with zero attached hydrogens (tertiary/aromatic N) is 2. The van der Waals surface area contributed by atoms with E-state index in [0.717, 1.165) is 22.3 Å². The summed E-state index contributed by atoms with van der Waals surface area (Å²) >= 11 is 0.886. The third-order valence-corrected chi connectivity index (χ3v) is 4.18. The Morgan fingerprint density at radius 2 is 1.76 bits per heavy atom. The van der Waals surface area contributed by atoms with Crippen molar-refractivity contribution >= 4 is 41.3 Å². The summed E-state index contributed by atoms with van der Waals surface area (Å²) in [6, 6.07) is 5.45. The Kier molecular flexibility index (Phi) is 9.45. The molecule has 1 aromatic carbocycles. The second-order valence-electron chi connectivity index (χ2n) is 5.42. The van der Waals surface area contributed by atoms with E-state index < -0.39 is 18.2 Å². The molecule has 0 spiro atoms. The van der Waals surface area contributed by atoms with E-state index in [2.05, 4.69) is 25.3 Å². The number of hydrogen-bond donors (Lipinski definition) is 2. The molecule has 1 heterocycles. The minimum absolute atomic E-state index is 0. The summed E-state index contributed by atoms with van der Waals surface area (Å²) in [5.74, 6) is 0.0594. The second kappa shape index (κ2) is 10.8. The van der Waals surface area contributed by atoms with Gasteiger partial charge in [-0.1, -0.05) is 12.1 Å². The van der Waals surface area contributed by atoms with Gasteiger partial charge in [0, 0.05) is 19.0 Å². The van der Waals surface area contributed by atoms with Gasteiger partial charge in [0.2, 0.25) is 0 Å². The van der Waals surface area contributed by atoms with Crippen molar-refractivity contribution in [3.8, 4) is 5.75 Å². The average Bonchev–Trinajstić information content (AvgIpc) is 3.07. The Bertz CT molecular complexity index is 792. The van der Waals surface area contributed by atoms with Crippen molar-refractivity contribution in [1.29, 1.82) is 0 Å². The largest absolute Gasteiger partial charge is 0.573 e. The number of guanidine groups is 1. The Labute approximate surface area is 183 Å². The van der Waals surface area contributed by atoms with Crippen LogP contribution in [0.25, 0.3) is 0 Å². The molecule has 0 aliphatic heterocycles. The number of aromatic nitrogens is 1. The molecular weight excluding hydrogens is 537 g/mol. The summed E-state index contributed by atoms with van der Waals surface area (Å²) in [5.41, 5.74) is -0.164. The van der Waals surface area contributed by atoms with Gasteiger partial charge in [0.25, 0.3) is 0 Å². The van der Waals surface area contributed by atoms with Crippen LogP contribution in [0.15, 0.2) is 34.6 Å². The number of halogens is 7. The molecule has 5 nitrogen and oxygen atoms in total. The topological polar surface area (TPSA) is 58.5 Å². The maximum atomic E-state index is 12.5. The summed E-state index contributed by atoms with van der Waals surface area (Å²) in [7, 11) is 1.50. The molecule has 2 N–H and O–H groups in total. The molecule has 0 amide bonds. The zero-order chi connectivity index (χ0) is 20.8. The zero-order valence-corrected chi connectivity index (χ0v) is 18.0. The number of rotatable bonds is 6. The van der Waals surface area contributed by atoms with Crippen molar-refractivity contribution in [2.75, 3.05) is 13.6 Å². The maximum absolute atomic E-state index is 12.5. The van der Waals surface area contributed by atoms with Crippen molar-refractivity contribution in [3.63, 3.8) is 0 Å². The number of alkyl halides is 6. The standard InChI is InChI=1S/C16H16F6N4OS.HI/c1-23-14(25-8-13-26-12(9-28-13)15(17,18)19)24-7-6-10-2-4-11(5-3-10)27-16(20,21)22;/h2-5,9H,6-8H2,1H3,(H2,23,24,25);1H. The van der Waals surface area contributed by atoms with Crippen molar-refractivity contribution in [1.82, 2.24) is 15.6 Å². The highest BCUT2D eigenvalue weighted by Gasteiger charge is 2.33. The number of thiazole rings is 1. The quantitative estimate of drug-likeness (QED) is 0.238. The molecule has 0 radical (unpaired) electrons. The molecule has 0 unspecified atom stereocenters. The average molecular weight is 554 g/mol. The first-order valence-corrected chi connectivity index (χ1v) is 8.75. The number of benzene rings is 1. The van der Waals surface area contributed by atoms with E-state index in [9.17, 15) is 26.3 Å². The maximum Gasteiger partial charge on any atom is 0.573 e. The molecule has 13 heteroatoms. The number of aliphatic imine (C=N–C) groups is 1. The van der Waals surface area contributed by atoms with Gasteiger partial charge in [-0.15, -0.1) is 48.5 Å². The fourth-order valence-corrected chi connectivity index (χ4v) is 2.83. The summed E-state index contributed by atoms with van der Waals surface area (Å²) in [5, 5.41) is 7.01. The van der Waals surface area contributed by atoms with Gasteiger partial charge in [-0.25, -0.2) is 4.98 Å². The van der Waals surface area contributed by atoms with Crippen LogP contribution < -0.4 is 15.4 Å². The van der Waals surface area contributed by atoms with Crippen LogP contribution in [0.1, 0.15) is 16.3 Å². The van der Waals surface area contributed by atoms with Crippen LogP contribution in [0.3, 0.4) is 0 Å². The summed E-state index contributed by atoms with van der Waals surface area (Å²) < 4.78 is 77.7. The summed E-state index contributed by atoms with van der Waals surface area (Å²) in [4.78, 5) is 7.45. The monoisotopic (exact) mass is 554 g/mol. The predicted molar refractivity (Wildman–Crippen MR) is 108 cm³/mol. The van der Waals surface area contributed by atoms with Gasteiger partial charge in [-0.05, 0) is 24.1 Å². The predicted octanol–water partition coefficient (Wildman–Crippen LogP) is 4.59. The lowest BCUT2D eigenvalue weighted by Crippen LogP contribution is -2.37. The van der Waals surface area contributed by atoms with E-state index >= 15 is 0 Å². The second-order valence-corrected chi connectivity index (χ2v) is 6.36. The first-order chi connectivity index (χ1) is 13.1. The molecule has 29 heavy (non-hydrogen) atoms. The van der Waals surface area contributed by atoms with Crippen LogP contribution in [-0.2, 0) is 19.1 Å². The Morgan fingerprint density at radius 1 is 1.10 bits per heavy atom. The molecule has 0 atom stereocenters. The Hall–Kier alpha value is -1.77. The third-order valence-electron chi connectivity index (χ3n) is 3.34. The normalized spacial score (nSPS) is 12.3. The summed E-state index contributed by atoms with van der Waals surface area (Å²) in [6.07, 6.45) is -8.72. The van der Waals surface area contributed by atoms with Crippen LogP contribution in [0, 0.1) is 0 Å². The van der Waals surface area contributed by atoms with E-state index in [1.54, 1.807) is 0 Å². The fraction of sp³-hybridized carbons (Fsp3) is 0.375. The lowest BCUT2D eigenvalue weighted by atomic mass is 10.1. The molecule has 0 aliphatic carbocycles. The van der Waals surface area contributed by atoms with E-state index in [0.29, 0.717) is 18.9 Å². The van der Waals surface area contributed by atoms with Gasteiger partial charge < -0.3 is 15.4 Å². The molecule has 0 saturated carbocycles. The Balaban J connectivity index is 0.00000420. The fourth-order valence-electron chi connectivity index (χ4n) is 2.09. The van der Waals surface area contributed by atoms with Crippen molar-refractivity contribution in [2.24, 2.45) is 4.99 Å². The van der Waals surface area contributed by atoms with Crippen LogP contribution >= 0.6 is 35.3 Å². The SMILES string of the molecule is CN=C(NCCc1ccc(OC(F)(F)F)cc1)NCc1nc(C(F)(F)F)cs1.I. The van der Waals surface area contributed by atoms with E-state index in [-0.39, 0.29) is 41.3 Å². The molecule has 2 aromatic rings. The first kappa shape index (κ1) is 25.3. The van der Waals surface area contributed by atoms with Crippen molar-refractivity contribution < 1.29 is 31.1 Å². The minimum atomic E-state index is -4.74. The van der Waals surface area contributed by atoms with Crippen LogP contribution in [-0.4, -0.2) is 30.9 Å². The Morgan fingerprint density at radius 3 is 2.28 bits per heavy atom. The molecule has 2 rings (SSSR count). The van der Waals surface area contributed by atoms with Gasteiger partial charge in [0.1, 0.15) is 10.8 Å². The smallest absolute Gasteiger partial charge is 0.406 e. The summed E-state index contributed by atoms with van der Waals surface area (Å²) in [6.45, 7) is 0.481. The van der Waals surface area contributed by atoms with E-state index in [1.807, 2.05) is 0 Å². The van der Waals surface area contributed by atoms with Gasteiger partial charge in [-0.2, -0.15) is 13.2 Å². The van der Waals surface area contributed by atoms with Crippen LogP contribution in [0.4, 0.5) is 26.3 Å². The number of ether oxygens (including phenoxy) is 1. The lowest BCUT2D eigenvalue weighted by molar-refractivity contribution is -0.274. The highest BCUT2D eigenvalue weighted by molar-refractivity contribution is 14.0. The number of hydrogen-bond acceptors (Lipinski definition) is 4. The zero-order valence-electron chi connectivity index (χ0n) is 14.9. The molecule has 0 bridgehead atoms. The molecular formula is C16H17F6IN4OS. The van der Waals surface area contributed by atoms with Crippen molar-refractivity contribution in [2.45, 2.75) is 25.5 Å². The molecule has 0 fully saturated rings. The third kappa shape index (κ3) is 9.06. The highest BCUT2D eigenvalue weighted by Crippen LogP contribution is 2.29. The molecule has 0 aliphatic rings. The van der Waals surface area contributed by atoms with Crippen LogP contribution in [0.2, 0.25) is 0 Å². The van der Waals surface area contributed by atoms with Gasteiger partial charge >= 0.3 is 12.5 Å². The molecule has 162 valence electrons. The minimum Gasteiger partial charge on any atom is -0.406 e. The molecule has 0 saturated heterocycles. The van der Waals surface area contributed by atoms with Crippen LogP contribution in [0.5, 0.6) is 5.75 Å². The van der Waals surface area contributed by atoms with Gasteiger partial charge in [0.05, 0.1) is 6.54 Å². The van der Waals surface area contributed by atoms with Crippen molar-refractivity contribution in [3.05, 3.63) is 45.9 Å². The molecule has 1 aromatic heterocycles.